The first-order valence-electron chi connectivity index (χ1n) is 9.31. The first-order chi connectivity index (χ1) is 14.9. The number of thioether (sulfide) groups is 1. The molecule has 1 saturated heterocycles. The molecule has 2 atom stereocenters. The van der Waals surface area contributed by atoms with Gasteiger partial charge < -0.3 is 10.1 Å². The van der Waals surface area contributed by atoms with Crippen LogP contribution in [0.3, 0.4) is 0 Å². The van der Waals surface area contributed by atoms with E-state index in [0.717, 1.165) is 4.88 Å². The first-order valence-corrected chi connectivity index (χ1v) is 11.2. The van der Waals surface area contributed by atoms with Crippen LogP contribution >= 0.6 is 23.1 Å². The summed E-state index contributed by atoms with van der Waals surface area (Å²) in [6.45, 7) is -0.0744. The van der Waals surface area contributed by atoms with Crippen LogP contribution in [0, 0.1) is 10.1 Å². The Hall–Kier alpha value is -3.18. The van der Waals surface area contributed by atoms with E-state index in [0.29, 0.717) is 11.3 Å². The number of carbonyl (C=O) groups excluding carboxylic acids is 3. The Morgan fingerprint density at radius 2 is 2.03 bits per heavy atom. The number of thiophene rings is 1. The quantitative estimate of drug-likeness (QED) is 0.292. The lowest BCUT2D eigenvalue weighted by Gasteiger charge is -2.48. The minimum atomic E-state index is -0.677. The van der Waals surface area contributed by atoms with Gasteiger partial charge in [-0.25, -0.2) is 4.79 Å². The summed E-state index contributed by atoms with van der Waals surface area (Å²) < 4.78 is 5.29. The molecule has 1 N–H and O–H groups in total. The molecule has 9 nitrogen and oxygen atoms in total. The number of benzene rings is 1. The highest BCUT2D eigenvalue weighted by molar-refractivity contribution is 8.00. The third kappa shape index (κ3) is 4.47. The zero-order valence-electron chi connectivity index (χ0n) is 16.1. The molecule has 4 rings (SSSR count). The second-order valence-corrected chi connectivity index (χ2v) is 9.00. The Balaban J connectivity index is 1.33. The highest BCUT2D eigenvalue weighted by Gasteiger charge is 2.52. The lowest BCUT2D eigenvalue weighted by atomic mass is 10.0. The summed E-state index contributed by atoms with van der Waals surface area (Å²) in [5.41, 5.74) is 0.692. The predicted octanol–water partition coefficient (Wildman–Crippen LogP) is 2.23. The van der Waals surface area contributed by atoms with Crippen LogP contribution in [0.4, 0.5) is 5.69 Å². The smallest absolute Gasteiger partial charge is 0.355 e. The number of esters is 1. The van der Waals surface area contributed by atoms with Crippen molar-refractivity contribution in [3.05, 3.63) is 74.1 Å². The van der Waals surface area contributed by atoms with Gasteiger partial charge in [-0.15, -0.1) is 23.1 Å². The molecule has 0 aliphatic carbocycles. The van der Waals surface area contributed by atoms with Crippen molar-refractivity contribution in [2.75, 3.05) is 5.75 Å². The fourth-order valence-electron chi connectivity index (χ4n) is 3.26. The maximum atomic E-state index is 12.6. The zero-order valence-corrected chi connectivity index (χ0v) is 17.7. The number of non-ortho nitro benzene ring substituents is 1. The van der Waals surface area contributed by atoms with Gasteiger partial charge in [-0.1, -0.05) is 6.07 Å². The van der Waals surface area contributed by atoms with Crippen LogP contribution in [0.1, 0.15) is 10.4 Å². The second-order valence-electron chi connectivity index (χ2n) is 6.82. The van der Waals surface area contributed by atoms with Crippen LogP contribution in [0.15, 0.2) is 53.6 Å². The van der Waals surface area contributed by atoms with E-state index in [4.69, 9.17) is 4.74 Å². The highest BCUT2D eigenvalue weighted by Crippen LogP contribution is 2.38. The number of hydrogen-bond acceptors (Lipinski definition) is 8. The molecule has 0 radical (unpaired) electrons. The number of rotatable bonds is 7. The zero-order chi connectivity index (χ0) is 22.0. The summed E-state index contributed by atoms with van der Waals surface area (Å²) in [6, 6.07) is 8.72. The summed E-state index contributed by atoms with van der Waals surface area (Å²) in [5, 5.41) is 15.0. The summed E-state index contributed by atoms with van der Waals surface area (Å²) in [4.78, 5) is 49.8. The molecule has 11 heteroatoms. The van der Waals surface area contributed by atoms with Gasteiger partial charge >= 0.3 is 5.97 Å². The van der Waals surface area contributed by atoms with Gasteiger partial charge in [0.05, 0.1) is 11.3 Å². The number of β-lactam (4-membered cyclic amide) rings is 1. The monoisotopic (exact) mass is 459 g/mol. The van der Waals surface area contributed by atoms with E-state index in [9.17, 15) is 24.5 Å². The topological polar surface area (TPSA) is 119 Å². The molecule has 2 aliphatic heterocycles. The fourth-order valence-corrected chi connectivity index (χ4v) is 5.16. The number of nitro benzene ring substituents is 1. The fraction of sp³-hybridized carbons (Fsp3) is 0.250. The molecule has 2 aromatic rings. The predicted molar refractivity (Wildman–Crippen MR) is 114 cm³/mol. The van der Waals surface area contributed by atoms with Crippen LogP contribution in [-0.2, 0) is 32.1 Å². The molecule has 1 aromatic heterocycles. The van der Waals surface area contributed by atoms with Crippen molar-refractivity contribution in [2.24, 2.45) is 0 Å². The van der Waals surface area contributed by atoms with Gasteiger partial charge in [0, 0.05) is 22.8 Å². The van der Waals surface area contributed by atoms with Crippen LogP contribution in [-0.4, -0.2) is 44.8 Å². The highest BCUT2D eigenvalue weighted by atomic mass is 32.2. The van der Waals surface area contributed by atoms with E-state index in [1.165, 1.54) is 52.3 Å². The average Bonchev–Trinajstić information content (AvgIpc) is 3.28. The Bertz CT molecular complexity index is 1050. The number of nitrogens with zero attached hydrogens (tertiary/aromatic N) is 2. The Morgan fingerprint density at radius 1 is 1.26 bits per heavy atom. The van der Waals surface area contributed by atoms with Crippen LogP contribution < -0.4 is 5.32 Å². The molecule has 0 bridgehead atoms. The maximum Gasteiger partial charge on any atom is 0.355 e. The molecule has 160 valence electrons. The minimum Gasteiger partial charge on any atom is -0.456 e. The van der Waals surface area contributed by atoms with E-state index >= 15 is 0 Å². The molecular formula is C20H17N3O6S2. The van der Waals surface area contributed by atoms with Crippen LogP contribution in [0.25, 0.3) is 0 Å². The van der Waals surface area contributed by atoms with Gasteiger partial charge in [0.2, 0.25) is 5.91 Å². The van der Waals surface area contributed by atoms with E-state index in [2.05, 4.69) is 5.32 Å². The van der Waals surface area contributed by atoms with Crippen molar-refractivity contribution in [3.8, 4) is 0 Å². The number of carbonyl (C=O) groups is 3. The molecule has 1 fully saturated rings. The summed E-state index contributed by atoms with van der Waals surface area (Å²) >= 11 is 2.93. The number of hydrogen-bond donors (Lipinski definition) is 1. The molecule has 0 spiro atoms. The summed E-state index contributed by atoms with van der Waals surface area (Å²) in [5.74, 6) is -0.734. The maximum absolute atomic E-state index is 12.6. The van der Waals surface area contributed by atoms with E-state index in [1.54, 1.807) is 6.08 Å². The standard InChI is InChI=1S/C20H17N3O6S2/c24-16(10-14-2-1-8-30-14)21-17-18(25)22-15(7-9-31-19(17)22)20(26)29-11-12-3-5-13(6-4-12)23(27)28/h1-8,17,19H,9-11H2,(H,21,24)/t17-,19+/m1/s1. The van der Waals surface area contributed by atoms with E-state index < -0.39 is 16.9 Å². The van der Waals surface area contributed by atoms with Crippen molar-refractivity contribution < 1.29 is 24.0 Å². The third-order valence-corrected chi connectivity index (χ3v) is 6.86. The lowest BCUT2D eigenvalue weighted by molar-refractivity contribution is -0.384. The first kappa shape index (κ1) is 21.1. The van der Waals surface area contributed by atoms with E-state index in [-0.39, 0.29) is 41.6 Å². The minimum absolute atomic E-state index is 0.0525. The SMILES string of the molecule is O=C(Cc1cccs1)N[C@@H]1C(=O)N2C(C(=O)OCc3ccc([N+](=O)[O-])cc3)=CCS[C@@H]12. The summed E-state index contributed by atoms with van der Waals surface area (Å²) in [6.07, 6.45) is 1.83. The molecule has 2 aliphatic rings. The largest absolute Gasteiger partial charge is 0.456 e. The Labute approximate surface area is 185 Å². The number of nitrogens with one attached hydrogen (secondary N) is 1. The van der Waals surface area contributed by atoms with Crippen LogP contribution in [0.5, 0.6) is 0 Å². The van der Waals surface area contributed by atoms with Gasteiger partial charge in [-0.05, 0) is 35.2 Å². The van der Waals surface area contributed by atoms with Crippen molar-refractivity contribution in [1.29, 1.82) is 0 Å². The molecular weight excluding hydrogens is 442 g/mol. The number of ether oxygens (including phenoxy) is 1. The normalized spacial score (nSPS) is 19.7. The molecule has 1 aromatic carbocycles. The van der Waals surface area contributed by atoms with E-state index in [1.807, 2.05) is 17.5 Å². The van der Waals surface area contributed by atoms with Gasteiger partial charge in [0.1, 0.15) is 23.7 Å². The number of fused-ring (bicyclic) bond motifs is 1. The lowest BCUT2D eigenvalue weighted by Crippen LogP contribution is -2.70. The van der Waals surface area contributed by atoms with Gasteiger partial charge in [0.25, 0.3) is 11.6 Å². The van der Waals surface area contributed by atoms with Crippen LogP contribution in [0.2, 0.25) is 0 Å². The molecule has 0 unspecified atom stereocenters. The van der Waals surface area contributed by atoms with Crippen molar-refractivity contribution in [3.63, 3.8) is 0 Å². The summed E-state index contributed by atoms with van der Waals surface area (Å²) in [7, 11) is 0. The molecule has 0 saturated carbocycles. The second kappa shape index (κ2) is 8.90. The molecule has 2 amide bonds. The molecule has 3 heterocycles. The van der Waals surface area contributed by atoms with Gasteiger partial charge in [0.15, 0.2) is 0 Å². The Kier molecular flexibility index (Phi) is 6.05. The average molecular weight is 460 g/mol. The molecule has 31 heavy (non-hydrogen) atoms. The number of amides is 2. The van der Waals surface area contributed by atoms with Gasteiger partial charge in [-0.3, -0.25) is 24.6 Å². The van der Waals surface area contributed by atoms with Crippen molar-refractivity contribution >= 4 is 46.6 Å². The third-order valence-electron chi connectivity index (χ3n) is 4.80. The number of nitro groups is 1. The van der Waals surface area contributed by atoms with Gasteiger partial charge in [-0.2, -0.15) is 0 Å². The van der Waals surface area contributed by atoms with Crippen molar-refractivity contribution in [1.82, 2.24) is 10.2 Å². The Morgan fingerprint density at radius 3 is 2.71 bits per heavy atom. The van der Waals surface area contributed by atoms with Crippen molar-refractivity contribution in [2.45, 2.75) is 24.4 Å².